The van der Waals surface area contributed by atoms with Crippen molar-refractivity contribution in [2.45, 2.75) is 25.7 Å². The van der Waals surface area contributed by atoms with E-state index in [0.717, 1.165) is 24.1 Å². The fraction of sp³-hybridized carbons (Fsp3) is 0.500. The number of urea groups is 1. The lowest BCUT2D eigenvalue weighted by Crippen LogP contribution is -2.38. The molecule has 3 aliphatic rings. The van der Waals surface area contributed by atoms with E-state index in [4.69, 9.17) is 0 Å². The van der Waals surface area contributed by atoms with E-state index in [1.165, 1.54) is 0 Å². The second-order valence-electron chi connectivity index (χ2n) is 7.33. The maximum Gasteiger partial charge on any atom is 0.321 e. The molecule has 4 rings (SSSR count). The SMILES string of the molecule is CN1C(=O)Cc2cc(NC(=O)N3C[C@@H]4CCC[C@@]4(C(=O)O)C3)ccc21. The second-order valence-corrected chi connectivity index (χ2v) is 7.33. The van der Waals surface area contributed by atoms with Crippen LogP contribution in [0, 0.1) is 11.3 Å². The molecule has 1 aromatic rings. The Hall–Kier alpha value is -2.57. The van der Waals surface area contributed by atoms with E-state index in [2.05, 4.69) is 5.32 Å². The Morgan fingerprint density at radius 3 is 2.88 bits per heavy atom. The molecule has 132 valence electrons. The summed E-state index contributed by atoms with van der Waals surface area (Å²) in [4.78, 5) is 39.3. The predicted octanol–water partition coefficient (Wildman–Crippen LogP) is 1.92. The Labute approximate surface area is 145 Å². The smallest absolute Gasteiger partial charge is 0.321 e. The Bertz CT molecular complexity index is 778. The second kappa shape index (κ2) is 5.47. The molecule has 1 aliphatic carbocycles. The number of hydrogen-bond donors (Lipinski definition) is 2. The number of likely N-dealkylation sites (N-methyl/N-ethyl adjacent to an activating group) is 1. The summed E-state index contributed by atoms with van der Waals surface area (Å²) in [5, 5.41) is 12.5. The van der Waals surface area contributed by atoms with Crippen molar-refractivity contribution in [2.75, 3.05) is 30.4 Å². The van der Waals surface area contributed by atoms with Gasteiger partial charge in [0.1, 0.15) is 0 Å². The molecule has 0 aromatic heterocycles. The number of carbonyl (C=O) groups excluding carboxylic acids is 2. The van der Waals surface area contributed by atoms with E-state index in [-0.39, 0.29) is 24.4 Å². The molecule has 2 fully saturated rings. The molecule has 0 unspecified atom stereocenters. The van der Waals surface area contributed by atoms with Gasteiger partial charge >= 0.3 is 12.0 Å². The van der Waals surface area contributed by atoms with E-state index in [9.17, 15) is 19.5 Å². The maximum atomic E-state index is 12.6. The molecule has 2 aliphatic heterocycles. The van der Waals surface area contributed by atoms with Gasteiger partial charge in [0.2, 0.25) is 5.91 Å². The van der Waals surface area contributed by atoms with Crippen LogP contribution in [0.1, 0.15) is 24.8 Å². The highest BCUT2D eigenvalue weighted by molar-refractivity contribution is 6.02. The standard InChI is InChI=1S/C18H21N3O4/c1-20-14-5-4-13(7-11(14)8-15(20)22)19-17(25)21-9-12-3-2-6-18(12,10-21)16(23)24/h4-5,7,12H,2-3,6,8-10H2,1H3,(H,19,25)(H,23,24)/t12-,18+/m0/s1. The van der Waals surface area contributed by atoms with Crippen molar-refractivity contribution >= 4 is 29.3 Å². The summed E-state index contributed by atoms with van der Waals surface area (Å²) < 4.78 is 0. The quantitative estimate of drug-likeness (QED) is 0.858. The Morgan fingerprint density at radius 1 is 1.36 bits per heavy atom. The maximum absolute atomic E-state index is 12.6. The summed E-state index contributed by atoms with van der Waals surface area (Å²) in [7, 11) is 1.74. The average molecular weight is 343 g/mol. The van der Waals surface area contributed by atoms with Crippen LogP contribution in [0.4, 0.5) is 16.2 Å². The third kappa shape index (κ3) is 2.37. The number of carbonyl (C=O) groups is 3. The van der Waals surface area contributed by atoms with Crippen LogP contribution in [0.25, 0.3) is 0 Å². The number of hydrogen-bond acceptors (Lipinski definition) is 3. The molecule has 7 nitrogen and oxygen atoms in total. The molecule has 7 heteroatoms. The molecule has 2 atom stereocenters. The zero-order valence-electron chi connectivity index (χ0n) is 14.1. The van der Waals surface area contributed by atoms with Gasteiger partial charge < -0.3 is 20.2 Å². The first-order chi connectivity index (χ1) is 11.9. The zero-order chi connectivity index (χ0) is 17.8. The highest BCUT2D eigenvalue weighted by Gasteiger charge is 2.55. The van der Waals surface area contributed by atoms with Crippen molar-refractivity contribution in [3.63, 3.8) is 0 Å². The van der Waals surface area contributed by atoms with Crippen LogP contribution in [-0.2, 0) is 16.0 Å². The van der Waals surface area contributed by atoms with Gasteiger partial charge in [-0.3, -0.25) is 9.59 Å². The summed E-state index contributed by atoms with van der Waals surface area (Å²) in [5.74, 6) is -0.708. The van der Waals surface area contributed by atoms with Crippen molar-refractivity contribution in [3.8, 4) is 0 Å². The molecular formula is C18H21N3O4. The molecule has 2 N–H and O–H groups in total. The van der Waals surface area contributed by atoms with Crippen LogP contribution in [0.3, 0.4) is 0 Å². The number of carboxylic acid groups (broad SMARTS) is 1. The van der Waals surface area contributed by atoms with E-state index in [1.54, 1.807) is 22.9 Å². The van der Waals surface area contributed by atoms with Gasteiger partial charge in [-0.25, -0.2) is 4.79 Å². The van der Waals surface area contributed by atoms with Gasteiger partial charge in [-0.05, 0) is 42.5 Å². The van der Waals surface area contributed by atoms with E-state index < -0.39 is 11.4 Å². The number of anilines is 2. The number of nitrogens with zero attached hydrogens (tertiary/aromatic N) is 2. The van der Waals surface area contributed by atoms with Crippen LogP contribution < -0.4 is 10.2 Å². The molecule has 2 heterocycles. The molecule has 0 bridgehead atoms. The van der Waals surface area contributed by atoms with E-state index in [0.29, 0.717) is 25.1 Å². The van der Waals surface area contributed by atoms with Gasteiger partial charge in [-0.2, -0.15) is 0 Å². The lowest BCUT2D eigenvalue weighted by atomic mass is 9.81. The largest absolute Gasteiger partial charge is 0.481 e. The van der Waals surface area contributed by atoms with Crippen molar-refractivity contribution in [1.29, 1.82) is 0 Å². The minimum absolute atomic E-state index is 0.0363. The Balaban J connectivity index is 1.48. The van der Waals surface area contributed by atoms with Gasteiger partial charge in [0, 0.05) is 31.5 Å². The molecule has 1 aromatic carbocycles. The van der Waals surface area contributed by atoms with Gasteiger partial charge in [0.15, 0.2) is 0 Å². The fourth-order valence-corrected chi connectivity index (χ4v) is 4.54. The Kier molecular flexibility index (Phi) is 3.49. The van der Waals surface area contributed by atoms with Gasteiger partial charge in [0.25, 0.3) is 0 Å². The summed E-state index contributed by atoms with van der Waals surface area (Å²) in [6.07, 6.45) is 2.76. The first-order valence-corrected chi connectivity index (χ1v) is 8.59. The summed E-state index contributed by atoms with van der Waals surface area (Å²) in [5.41, 5.74) is 1.62. The number of nitrogens with one attached hydrogen (secondary N) is 1. The molecule has 25 heavy (non-hydrogen) atoms. The number of likely N-dealkylation sites (tertiary alicyclic amines) is 1. The summed E-state index contributed by atoms with van der Waals surface area (Å²) in [6.45, 7) is 0.759. The lowest BCUT2D eigenvalue weighted by Gasteiger charge is -2.23. The van der Waals surface area contributed by atoms with E-state index >= 15 is 0 Å². The molecule has 0 spiro atoms. The molecule has 0 radical (unpaired) electrons. The third-order valence-electron chi connectivity index (χ3n) is 5.99. The number of rotatable bonds is 2. The van der Waals surface area contributed by atoms with Crippen LogP contribution in [0.2, 0.25) is 0 Å². The van der Waals surface area contributed by atoms with Crippen LogP contribution in [-0.4, -0.2) is 48.1 Å². The predicted molar refractivity (Wildman–Crippen MR) is 91.6 cm³/mol. The third-order valence-corrected chi connectivity index (χ3v) is 5.99. The molecule has 1 saturated heterocycles. The highest BCUT2D eigenvalue weighted by atomic mass is 16.4. The molecule has 1 saturated carbocycles. The number of amides is 3. The van der Waals surface area contributed by atoms with Crippen LogP contribution >= 0.6 is 0 Å². The summed E-state index contributed by atoms with van der Waals surface area (Å²) in [6, 6.07) is 5.15. The number of fused-ring (bicyclic) bond motifs is 2. The van der Waals surface area contributed by atoms with Crippen molar-refractivity contribution in [2.24, 2.45) is 11.3 Å². The minimum Gasteiger partial charge on any atom is -0.481 e. The Morgan fingerprint density at radius 2 is 2.16 bits per heavy atom. The highest BCUT2D eigenvalue weighted by Crippen LogP contribution is 2.49. The van der Waals surface area contributed by atoms with Gasteiger partial charge in [-0.15, -0.1) is 0 Å². The number of carboxylic acids is 1. The first-order valence-electron chi connectivity index (χ1n) is 8.59. The summed E-state index contributed by atoms with van der Waals surface area (Å²) >= 11 is 0. The van der Waals surface area contributed by atoms with Crippen LogP contribution in [0.5, 0.6) is 0 Å². The monoisotopic (exact) mass is 343 g/mol. The normalized spacial score (nSPS) is 27.4. The van der Waals surface area contributed by atoms with Crippen molar-refractivity contribution in [3.05, 3.63) is 23.8 Å². The first kappa shape index (κ1) is 15.9. The number of benzene rings is 1. The van der Waals surface area contributed by atoms with Crippen molar-refractivity contribution in [1.82, 2.24) is 4.90 Å². The topological polar surface area (TPSA) is 90.0 Å². The van der Waals surface area contributed by atoms with Crippen molar-refractivity contribution < 1.29 is 19.5 Å². The van der Waals surface area contributed by atoms with Crippen LogP contribution in [0.15, 0.2) is 18.2 Å². The minimum atomic E-state index is -0.788. The molecule has 3 amide bonds. The molecular weight excluding hydrogens is 322 g/mol. The van der Waals surface area contributed by atoms with Gasteiger partial charge in [-0.1, -0.05) is 6.42 Å². The average Bonchev–Trinajstić information content (AvgIpc) is 3.19. The lowest BCUT2D eigenvalue weighted by molar-refractivity contribution is -0.149. The van der Waals surface area contributed by atoms with Gasteiger partial charge in [0.05, 0.1) is 11.8 Å². The van der Waals surface area contributed by atoms with E-state index in [1.807, 2.05) is 12.1 Å². The number of aliphatic carboxylic acids is 1. The fourth-order valence-electron chi connectivity index (χ4n) is 4.54. The zero-order valence-corrected chi connectivity index (χ0v) is 14.1.